The van der Waals surface area contributed by atoms with E-state index in [1.54, 1.807) is 0 Å². The molecule has 0 saturated carbocycles. The molecule has 0 aliphatic carbocycles. The molecule has 0 bridgehead atoms. The summed E-state index contributed by atoms with van der Waals surface area (Å²) in [6.45, 7) is 8.47. The van der Waals surface area contributed by atoms with E-state index in [9.17, 15) is 0 Å². The fourth-order valence-corrected chi connectivity index (χ4v) is 2.44. The van der Waals surface area contributed by atoms with E-state index in [1.165, 1.54) is 0 Å². The molecule has 0 aromatic heterocycles. The maximum atomic E-state index is 5.90. The van der Waals surface area contributed by atoms with Crippen molar-refractivity contribution in [1.82, 2.24) is 0 Å². The summed E-state index contributed by atoms with van der Waals surface area (Å²) in [6.07, 6.45) is 3.03. The van der Waals surface area contributed by atoms with E-state index in [-0.39, 0.29) is 22.1 Å². The highest BCUT2D eigenvalue weighted by Crippen LogP contribution is 2.38. The Morgan fingerprint density at radius 1 is 1.47 bits per heavy atom. The van der Waals surface area contributed by atoms with Gasteiger partial charge in [0.15, 0.2) is 0 Å². The van der Waals surface area contributed by atoms with Crippen LogP contribution < -0.4 is 0 Å². The van der Waals surface area contributed by atoms with Crippen LogP contribution >= 0.6 is 31.9 Å². The topological polar surface area (TPSA) is 18.5 Å². The van der Waals surface area contributed by atoms with Gasteiger partial charge in [-0.05, 0) is 33.6 Å². The molecule has 2 nitrogen and oxygen atoms in total. The Balaban J connectivity index is 2.56. The van der Waals surface area contributed by atoms with Crippen molar-refractivity contribution >= 4 is 39.0 Å². The molecule has 1 atom stereocenters. The predicted octanol–water partition coefficient (Wildman–Crippen LogP) is 3.97. The third kappa shape index (κ3) is 4.76. The zero-order valence-corrected chi connectivity index (χ0v) is 13.0. The van der Waals surface area contributed by atoms with Crippen LogP contribution in [-0.4, -0.2) is 22.1 Å². The lowest BCUT2D eigenvalue weighted by Crippen LogP contribution is -2.47. The minimum atomic E-state index is -0.123. The molecule has 0 aromatic carbocycles. The highest BCUT2D eigenvalue weighted by Gasteiger charge is 2.40. The van der Waals surface area contributed by atoms with E-state index in [1.807, 2.05) is 0 Å². The SMILES string of the molecule is CCC(Br)(Br)CB1OC(C)CC(C)(C)O1. The Morgan fingerprint density at radius 2 is 2.07 bits per heavy atom. The van der Waals surface area contributed by atoms with Crippen LogP contribution in [0.3, 0.4) is 0 Å². The molecule has 1 unspecified atom stereocenters. The second-order valence-electron chi connectivity index (χ2n) is 4.87. The first-order valence-electron chi connectivity index (χ1n) is 5.45. The lowest BCUT2D eigenvalue weighted by molar-refractivity contribution is -0.0288. The van der Waals surface area contributed by atoms with Gasteiger partial charge in [0.25, 0.3) is 0 Å². The van der Waals surface area contributed by atoms with Crippen molar-refractivity contribution in [2.75, 3.05) is 0 Å². The zero-order valence-electron chi connectivity index (χ0n) is 9.85. The van der Waals surface area contributed by atoms with Gasteiger partial charge in [-0.15, -0.1) is 0 Å². The molecule has 0 aromatic rings. The van der Waals surface area contributed by atoms with E-state index in [2.05, 4.69) is 59.6 Å². The van der Waals surface area contributed by atoms with Crippen LogP contribution in [0.1, 0.15) is 40.5 Å². The summed E-state index contributed by atoms with van der Waals surface area (Å²) in [7, 11) is -0.123. The Labute approximate surface area is 110 Å². The van der Waals surface area contributed by atoms with Gasteiger partial charge < -0.3 is 9.31 Å². The molecule has 1 aliphatic rings. The summed E-state index contributed by atoms with van der Waals surface area (Å²) in [6, 6.07) is 0. The minimum Gasteiger partial charge on any atom is -0.408 e. The van der Waals surface area contributed by atoms with Gasteiger partial charge in [0.2, 0.25) is 0 Å². The van der Waals surface area contributed by atoms with Crippen LogP contribution in [0.4, 0.5) is 0 Å². The van der Waals surface area contributed by atoms with Gasteiger partial charge in [-0.1, -0.05) is 38.8 Å². The summed E-state index contributed by atoms with van der Waals surface area (Å²) >= 11 is 7.26. The van der Waals surface area contributed by atoms with Crippen molar-refractivity contribution in [2.45, 2.75) is 61.8 Å². The van der Waals surface area contributed by atoms with Crippen LogP contribution in [0.25, 0.3) is 0 Å². The molecule has 0 N–H and O–H groups in total. The molecule has 88 valence electrons. The third-order valence-corrected chi connectivity index (χ3v) is 4.37. The number of hydrogen-bond acceptors (Lipinski definition) is 2. The zero-order chi connectivity index (χ0) is 11.7. The largest absolute Gasteiger partial charge is 0.459 e. The summed E-state index contributed by atoms with van der Waals surface area (Å²) < 4.78 is 11.6. The summed E-state index contributed by atoms with van der Waals surface area (Å²) in [5, 5.41) is 0. The first-order chi connectivity index (χ1) is 6.74. The molecule has 1 aliphatic heterocycles. The average Bonchev–Trinajstić information content (AvgIpc) is 1.99. The lowest BCUT2D eigenvalue weighted by atomic mass is 9.77. The fraction of sp³-hybridized carbons (Fsp3) is 1.00. The van der Waals surface area contributed by atoms with Crippen molar-refractivity contribution in [1.29, 1.82) is 0 Å². The van der Waals surface area contributed by atoms with Crippen molar-refractivity contribution in [3.63, 3.8) is 0 Å². The summed E-state index contributed by atoms with van der Waals surface area (Å²) in [5.41, 5.74) is -0.0772. The minimum absolute atomic E-state index is 0.0716. The highest BCUT2D eigenvalue weighted by molar-refractivity contribution is 9.25. The average molecular weight is 342 g/mol. The van der Waals surface area contributed by atoms with Gasteiger partial charge in [-0.25, -0.2) is 0 Å². The van der Waals surface area contributed by atoms with Crippen LogP contribution in [0.5, 0.6) is 0 Å². The Kier molecular flexibility index (Phi) is 4.73. The number of halogens is 2. The van der Waals surface area contributed by atoms with E-state index in [0.29, 0.717) is 0 Å². The van der Waals surface area contributed by atoms with Crippen molar-refractivity contribution < 1.29 is 9.31 Å². The molecule has 1 fully saturated rings. The molecular formula is C10H19BBr2O2. The smallest absolute Gasteiger partial charge is 0.408 e. The standard InChI is InChI=1S/C10H19BBr2O2/c1-5-10(12,13)7-11-14-8(2)6-9(3,4)15-11/h8H,5-7H2,1-4H3. The molecule has 0 radical (unpaired) electrons. The van der Waals surface area contributed by atoms with Gasteiger partial charge in [-0.3, -0.25) is 0 Å². The van der Waals surface area contributed by atoms with Crippen molar-refractivity contribution in [3.8, 4) is 0 Å². The Bertz CT molecular complexity index is 221. The van der Waals surface area contributed by atoms with Crippen LogP contribution in [-0.2, 0) is 9.31 Å². The van der Waals surface area contributed by atoms with E-state index < -0.39 is 0 Å². The van der Waals surface area contributed by atoms with Crippen LogP contribution in [0.15, 0.2) is 0 Å². The van der Waals surface area contributed by atoms with Crippen molar-refractivity contribution in [2.24, 2.45) is 0 Å². The monoisotopic (exact) mass is 340 g/mol. The quantitative estimate of drug-likeness (QED) is 0.571. The fourth-order valence-electron chi connectivity index (χ4n) is 1.91. The van der Waals surface area contributed by atoms with E-state index in [4.69, 9.17) is 9.31 Å². The first kappa shape index (κ1) is 14.0. The predicted molar refractivity (Wildman–Crippen MR) is 71.8 cm³/mol. The second-order valence-corrected chi connectivity index (χ2v) is 8.97. The van der Waals surface area contributed by atoms with E-state index >= 15 is 0 Å². The van der Waals surface area contributed by atoms with Gasteiger partial charge in [-0.2, -0.15) is 0 Å². The molecule has 5 heteroatoms. The first-order valence-corrected chi connectivity index (χ1v) is 7.04. The van der Waals surface area contributed by atoms with Gasteiger partial charge in [0.05, 0.1) is 8.83 Å². The van der Waals surface area contributed by atoms with Gasteiger partial charge in [0.1, 0.15) is 0 Å². The summed E-state index contributed by atoms with van der Waals surface area (Å²) in [4.78, 5) is 0. The molecule has 1 saturated heterocycles. The van der Waals surface area contributed by atoms with Crippen LogP contribution in [0, 0.1) is 0 Å². The van der Waals surface area contributed by atoms with Gasteiger partial charge >= 0.3 is 7.12 Å². The Morgan fingerprint density at radius 3 is 2.53 bits per heavy atom. The van der Waals surface area contributed by atoms with Gasteiger partial charge in [0, 0.05) is 12.4 Å². The number of hydrogen-bond donors (Lipinski definition) is 0. The highest BCUT2D eigenvalue weighted by atomic mass is 79.9. The van der Waals surface area contributed by atoms with Crippen molar-refractivity contribution in [3.05, 3.63) is 0 Å². The Hall–Kier alpha value is 0.945. The normalized spacial score (nSPS) is 26.8. The molecule has 15 heavy (non-hydrogen) atoms. The molecule has 1 rings (SSSR count). The lowest BCUT2D eigenvalue weighted by Gasteiger charge is -2.39. The summed E-state index contributed by atoms with van der Waals surface area (Å²) in [5.74, 6) is 0. The van der Waals surface area contributed by atoms with E-state index in [0.717, 1.165) is 19.2 Å². The molecule has 1 heterocycles. The maximum absolute atomic E-state index is 5.90. The third-order valence-electron chi connectivity index (χ3n) is 2.60. The molecule has 0 spiro atoms. The number of alkyl halides is 2. The molecule has 0 amide bonds. The maximum Gasteiger partial charge on any atom is 0.459 e. The molecular weight excluding hydrogens is 323 g/mol. The number of rotatable bonds is 3. The van der Waals surface area contributed by atoms with Crippen LogP contribution in [0.2, 0.25) is 6.32 Å². The second kappa shape index (κ2) is 5.07.